The summed E-state index contributed by atoms with van der Waals surface area (Å²) >= 11 is 0. The van der Waals surface area contributed by atoms with Gasteiger partial charge in [-0.1, -0.05) is 12.1 Å². The molecule has 5 rings (SSSR count). The van der Waals surface area contributed by atoms with Gasteiger partial charge < -0.3 is 18.8 Å². The first-order valence-corrected chi connectivity index (χ1v) is 12.4. The molecule has 2 aromatic carbocycles. The number of aryl methyl sites for hydroxylation is 1. The number of nitrogens with zero attached hydrogens (tertiary/aromatic N) is 2. The molecule has 1 aromatic heterocycles. The highest BCUT2D eigenvalue weighted by molar-refractivity contribution is 5.94. The lowest BCUT2D eigenvalue weighted by molar-refractivity contribution is 0.0704. The molecule has 2 fully saturated rings. The van der Waals surface area contributed by atoms with E-state index in [0.717, 1.165) is 75.1 Å². The Hall–Kier alpha value is -3.16. The summed E-state index contributed by atoms with van der Waals surface area (Å²) in [6.45, 7) is 7.52. The van der Waals surface area contributed by atoms with E-state index in [1.807, 2.05) is 48.2 Å². The molecule has 0 radical (unpaired) electrons. The fourth-order valence-corrected chi connectivity index (χ4v) is 4.92. The van der Waals surface area contributed by atoms with Gasteiger partial charge in [-0.2, -0.15) is 0 Å². The van der Waals surface area contributed by atoms with Crippen LogP contribution in [0.4, 0.5) is 0 Å². The summed E-state index contributed by atoms with van der Waals surface area (Å²) in [7, 11) is 0. The van der Waals surface area contributed by atoms with Crippen LogP contribution in [0, 0.1) is 6.92 Å². The Morgan fingerprint density at radius 3 is 2.69 bits per heavy atom. The number of benzene rings is 2. The zero-order chi connectivity index (χ0) is 24.2. The topological polar surface area (TPSA) is 72.2 Å². The Labute approximate surface area is 205 Å². The van der Waals surface area contributed by atoms with Crippen LogP contribution < -0.4 is 10.4 Å². The van der Waals surface area contributed by atoms with Crippen LogP contribution in [0.3, 0.4) is 0 Å². The molecule has 0 aliphatic carbocycles. The summed E-state index contributed by atoms with van der Waals surface area (Å²) in [5.74, 6) is 0.708. The van der Waals surface area contributed by atoms with Crippen molar-refractivity contribution < 1.29 is 18.7 Å². The van der Waals surface area contributed by atoms with Crippen LogP contribution in [-0.4, -0.2) is 61.1 Å². The number of rotatable bonds is 6. The number of amides is 1. The molecule has 7 heteroatoms. The van der Waals surface area contributed by atoms with E-state index in [9.17, 15) is 9.59 Å². The van der Waals surface area contributed by atoms with Crippen LogP contribution in [0.5, 0.6) is 5.75 Å². The number of hydrogen-bond acceptors (Lipinski definition) is 6. The Balaban J connectivity index is 1.16. The molecule has 0 saturated carbocycles. The Kier molecular flexibility index (Phi) is 7.16. The molecule has 0 bridgehead atoms. The summed E-state index contributed by atoms with van der Waals surface area (Å²) in [6, 6.07) is 14.6. The van der Waals surface area contributed by atoms with Gasteiger partial charge >= 0.3 is 5.63 Å². The lowest BCUT2D eigenvalue weighted by atomic mass is 10.1. The molecule has 0 unspecified atom stereocenters. The summed E-state index contributed by atoms with van der Waals surface area (Å²) in [5, 5.41) is 0.892. The second-order valence-electron chi connectivity index (χ2n) is 9.47. The van der Waals surface area contributed by atoms with Crippen LogP contribution in [0.15, 0.2) is 57.7 Å². The van der Waals surface area contributed by atoms with Crippen LogP contribution >= 0.6 is 0 Å². The molecular formula is C28H32N2O5. The van der Waals surface area contributed by atoms with Crippen molar-refractivity contribution >= 4 is 16.9 Å². The largest absolute Gasteiger partial charge is 0.489 e. The van der Waals surface area contributed by atoms with Gasteiger partial charge in [-0.25, -0.2) is 4.79 Å². The second-order valence-corrected chi connectivity index (χ2v) is 9.47. The number of carbonyl (C=O) groups is 1. The highest BCUT2D eigenvalue weighted by Crippen LogP contribution is 2.23. The maximum Gasteiger partial charge on any atom is 0.336 e. The van der Waals surface area contributed by atoms with E-state index < -0.39 is 0 Å². The lowest BCUT2D eigenvalue weighted by Gasteiger charge is -2.24. The fourth-order valence-electron chi connectivity index (χ4n) is 4.92. The smallest absolute Gasteiger partial charge is 0.336 e. The van der Waals surface area contributed by atoms with Gasteiger partial charge in [-0.3, -0.25) is 9.69 Å². The highest BCUT2D eigenvalue weighted by Gasteiger charge is 2.23. The van der Waals surface area contributed by atoms with Crippen molar-refractivity contribution in [3.05, 3.63) is 75.6 Å². The molecular weight excluding hydrogens is 444 g/mol. The monoisotopic (exact) mass is 476 g/mol. The molecule has 1 amide bonds. The molecule has 3 heterocycles. The van der Waals surface area contributed by atoms with Gasteiger partial charge in [0.15, 0.2) is 0 Å². The van der Waals surface area contributed by atoms with E-state index in [-0.39, 0.29) is 11.5 Å². The minimum absolute atomic E-state index is 0.0800. The standard InChI is InChI=1S/C28H32N2O5/c1-20-16-27(31)35-26-17-23(9-10-25(20)26)34-19-21-5-7-22(8-6-21)28(32)30-12-3-11-29(13-14-30)18-24-4-2-15-33-24/h5-10,16-17,24H,2-4,11-15,18-19H2,1H3/t24-/m0/s1. The average molecular weight is 477 g/mol. The molecule has 2 aliphatic heterocycles. The number of ether oxygens (including phenoxy) is 2. The number of carbonyl (C=O) groups excluding carboxylic acids is 1. The predicted octanol–water partition coefficient (Wildman–Crippen LogP) is 4.01. The molecule has 2 aliphatic rings. The summed E-state index contributed by atoms with van der Waals surface area (Å²) in [5.41, 5.74) is 2.69. The van der Waals surface area contributed by atoms with Crippen molar-refractivity contribution in [3.63, 3.8) is 0 Å². The molecule has 2 saturated heterocycles. The molecule has 0 N–H and O–H groups in total. The first-order chi connectivity index (χ1) is 17.0. The lowest BCUT2D eigenvalue weighted by Crippen LogP contribution is -2.37. The zero-order valence-electron chi connectivity index (χ0n) is 20.2. The molecule has 1 atom stereocenters. The summed E-state index contributed by atoms with van der Waals surface area (Å²) < 4.78 is 17.0. The maximum atomic E-state index is 13.1. The van der Waals surface area contributed by atoms with E-state index in [4.69, 9.17) is 13.9 Å². The van der Waals surface area contributed by atoms with Gasteiger partial charge in [0.1, 0.15) is 17.9 Å². The van der Waals surface area contributed by atoms with Gasteiger partial charge in [0.05, 0.1) is 6.10 Å². The van der Waals surface area contributed by atoms with Gasteiger partial charge in [-0.05, 0) is 68.1 Å². The normalized spacial score (nSPS) is 19.1. The van der Waals surface area contributed by atoms with Crippen LogP contribution in [-0.2, 0) is 11.3 Å². The van der Waals surface area contributed by atoms with Crippen molar-refractivity contribution in [2.75, 3.05) is 39.3 Å². The predicted molar refractivity (Wildman–Crippen MR) is 134 cm³/mol. The van der Waals surface area contributed by atoms with E-state index >= 15 is 0 Å². The second kappa shape index (κ2) is 10.6. The Morgan fingerprint density at radius 2 is 1.89 bits per heavy atom. The van der Waals surface area contributed by atoms with Gasteiger partial charge in [0, 0.05) is 55.9 Å². The van der Waals surface area contributed by atoms with Crippen molar-refractivity contribution in [2.45, 2.75) is 38.9 Å². The third-order valence-electron chi connectivity index (χ3n) is 6.89. The van der Waals surface area contributed by atoms with E-state index in [0.29, 0.717) is 29.6 Å². The van der Waals surface area contributed by atoms with Gasteiger partial charge in [0.25, 0.3) is 5.91 Å². The van der Waals surface area contributed by atoms with Gasteiger partial charge in [-0.15, -0.1) is 0 Å². The zero-order valence-corrected chi connectivity index (χ0v) is 20.2. The Morgan fingerprint density at radius 1 is 1.03 bits per heavy atom. The van der Waals surface area contributed by atoms with E-state index in [2.05, 4.69) is 4.90 Å². The van der Waals surface area contributed by atoms with Crippen molar-refractivity contribution in [1.29, 1.82) is 0 Å². The van der Waals surface area contributed by atoms with Crippen molar-refractivity contribution in [1.82, 2.24) is 9.80 Å². The fraction of sp³-hybridized carbons (Fsp3) is 0.429. The molecule has 35 heavy (non-hydrogen) atoms. The highest BCUT2D eigenvalue weighted by atomic mass is 16.5. The van der Waals surface area contributed by atoms with Crippen LogP contribution in [0.1, 0.15) is 40.7 Å². The molecule has 184 valence electrons. The maximum absolute atomic E-state index is 13.1. The average Bonchev–Trinajstić information content (AvgIpc) is 3.26. The van der Waals surface area contributed by atoms with Gasteiger partial charge in [0.2, 0.25) is 0 Å². The minimum Gasteiger partial charge on any atom is -0.489 e. The third-order valence-corrected chi connectivity index (χ3v) is 6.89. The minimum atomic E-state index is -0.368. The quantitative estimate of drug-likeness (QED) is 0.501. The van der Waals surface area contributed by atoms with Crippen molar-refractivity contribution in [2.24, 2.45) is 0 Å². The van der Waals surface area contributed by atoms with Crippen molar-refractivity contribution in [3.8, 4) is 5.75 Å². The SMILES string of the molecule is Cc1cc(=O)oc2cc(OCc3ccc(C(=O)N4CCCN(C[C@@H]5CCCO5)CC4)cc3)ccc12. The molecule has 0 spiro atoms. The molecule has 3 aromatic rings. The summed E-state index contributed by atoms with van der Waals surface area (Å²) in [6.07, 6.45) is 3.64. The van der Waals surface area contributed by atoms with Crippen LogP contribution in [0.2, 0.25) is 0 Å². The van der Waals surface area contributed by atoms with E-state index in [1.165, 1.54) is 6.07 Å². The molecule has 7 nitrogen and oxygen atoms in total. The third kappa shape index (κ3) is 5.74. The summed E-state index contributed by atoms with van der Waals surface area (Å²) in [4.78, 5) is 29.1. The number of fused-ring (bicyclic) bond motifs is 1. The first-order valence-electron chi connectivity index (χ1n) is 12.4. The number of hydrogen-bond donors (Lipinski definition) is 0. The Bertz CT molecular complexity index is 1230. The van der Waals surface area contributed by atoms with E-state index in [1.54, 1.807) is 6.07 Å². The first kappa shape index (κ1) is 23.6. The van der Waals surface area contributed by atoms with Crippen LogP contribution in [0.25, 0.3) is 11.0 Å².